The lowest BCUT2D eigenvalue weighted by molar-refractivity contribution is -0.125. The van der Waals surface area contributed by atoms with Gasteiger partial charge in [0.25, 0.3) is 0 Å². The monoisotopic (exact) mass is 264 g/mol. The Balaban J connectivity index is 1.93. The van der Waals surface area contributed by atoms with Gasteiger partial charge in [-0.15, -0.1) is 0 Å². The first-order chi connectivity index (χ1) is 8.99. The van der Waals surface area contributed by atoms with Gasteiger partial charge in [0, 0.05) is 25.3 Å². The van der Waals surface area contributed by atoms with Crippen LogP contribution >= 0.6 is 0 Å². The average Bonchev–Trinajstić information content (AvgIpc) is 2.94. The number of carbonyl (C=O) groups is 1. The van der Waals surface area contributed by atoms with Crippen LogP contribution in [0, 0.1) is 19.8 Å². The molecule has 1 aromatic rings. The van der Waals surface area contributed by atoms with Gasteiger partial charge in [0.2, 0.25) is 5.91 Å². The second kappa shape index (κ2) is 5.74. The van der Waals surface area contributed by atoms with Gasteiger partial charge in [0.15, 0.2) is 0 Å². The molecule has 106 valence electrons. The number of aryl methyl sites for hydroxylation is 2. The number of amides is 1. The number of hydrogen-bond donors (Lipinski definition) is 2. The molecule has 5 nitrogen and oxygen atoms in total. The Kier molecular flexibility index (Phi) is 4.24. The molecule has 0 saturated carbocycles. The summed E-state index contributed by atoms with van der Waals surface area (Å²) < 4.78 is 1.90. The second-order valence-electron chi connectivity index (χ2n) is 5.58. The van der Waals surface area contributed by atoms with Gasteiger partial charge in [-0.25, -0.2) is 0 Å². The van der Waals surface area contributed by atoms with E-state index in [9.17, 15) is 4.79 Å². The van der Waals surface area contributed by atoms with Crippen LogP contribution in [0.1, 0.15) is 30.3 Å². The topological polar surface area (TPSA) is 59.0 Å². The summed E-state index contributed by atoms with van der Waals surface area (Å²) in [5, 5.41) is 10.8. The largest absolute Gasteiger partial charge is 0.353 e. The van der Waals surface area contributed by atoms with Crippen LogP contribution in [0.25, 0.3) is 0 Å². The Hall–Kier alpha value is -1.36. The molecule has 19 heavy (non-hydrogen) atoms. The van der Waals surface area contributed by atoms with Crippen LogP contribution in [0.4, 0.5) is 0 Å². The van der Waals surface area contributed by atoms with E-state index < -0.39 is 0 Å². The summed E-state index contributed by atoms with van der Waals surface area (Å²) in [6.07, 6.45) is 1.79. The summed E-state index contributed by atoms with van der Waals surface area (Å²) in [6, 6.07) is 0.148. The summed E-state index contributed by atoms with van der Waals surface area (Å²) >= 11 is 0. The normalized spacial score (nSPS) is 20.5. The first-order valence-electron chi connectivity index (χ1n) is 6.99. The minimum atomic E-state index is 0.138. The highest BCUT2D eigenvalue weighted by molar-refractivity contribution is 5.79. The minimum Gasteiger partial charge on any atom is -0.353 e. The highest BCUT2D eigenvalue weighted by Gasteiger charge is 2.24. The van der Waals surface area contributed by atoms with E-state index in [1.807, 2.05) is 18.7 Å². The first kappa shape index (κ1) is 14.1. The maximum Gasteiger partial charge on any atom is 0.224 e. The van der Waals surface area contributed by atoms with Crippen molar-refractivity contribution in [2.24, 2.45) is 13.0 Å². The zero-order valence-corrected chi connectivity index (χ0v) is 12.3. The van der Waals surface area contributed by atoms with Crippen molar-refractivity contribution in [3.8, 4) is 0 Å². The van der Waals surface area contributed by atoms with Crippen LogP contribution in [0.15, 0.2) is 0 Å². The van der Waals surface area contributed by atoms with Crippen LogP contribution in [-0.2, 0) is 18.3 Å². The van der Waals surface area contributed by atoms with E-state index in [1.165, 1.54) is 11.3 Å². The number of hydrogen-bond acceptors (Lipinski definition) is 3. The molecular formula is C14H24N4O. The Morgan fingerprint density at radius 2 is 2.32 bits per heavy atom. The van der Waals surface area contributed by atoms with E-state index in [0.29, 0.717) is 0 Å². The van der Waals surface area contributed by atoms with Crippen molar-refractivity contribution in [1.82, 2.24) is 20.4 Å². The number of nitrogens with one attached hydrogen (secondary N) is 2. The number of nitrogens with zero attached hydrogens (tertiary/aromatic N) is 2. The van der Waals surface area contributed by atoms with Gasteiger partial charge in [-0.3, -0.25) is 9.48 Å². The highest BCUT2D eigenvalue weighted by atomic mass is 16.2. The van der Waals surface area contributed by atoms with Crippen molar-refractivity contribution in [1.29, 1.82) is 0 Å². The first-order valence-corrected chi connectivity index (χ1v) is 6.99. The molecule has 0 aromatic carbocycles. The number of rotatable bonds is 4. The molecule has 0 radical (unpaired) electrons. The van der Waals surface area contributed by atoms with Crippen LogP contribution in [0.3, 0.4) is 0 Å². The summed E-state index contributed by atoms with van der Waals surface area (Å²) in [7, 11) is 1.96. The maximum absolute atomic E-state index is 12.0. The van der Waals surface area contributed by atoms with Crippen LogP contribution < -0.4 is 10.6 Å². The van der Waals surface area contributed by atoms with E-state index in [1.54, 1.807) is 0 Å². The van der Waals surface area contributed by atoms with Crippen molar-refractivity contribution >= 4 is 5.91 Å². The fraction of sp³-hybridized carbons (Fsp3) is 0.714. The molecule has 5 heteroatoms. The SMILES string of the molecule is Cc1nn(C)c(C)c1CC(C)NC(=O)C1CCNC1. The molecule has 1 saturated heterocycles. The van der Waals surface area contributed by atoms with Crippen LogP contribution in [0.2, 0.25) is 0 Å². The smallest absolute Gasteiger partial charge is 0.224 e. The molecular weight excluding hydrogens is 240 g/mol. The Morgan fingerprint density at radius 3 is 2.84 bits per heavy atom. The van der Waals surface area contributed by atoms with E-state index in [4.69, 9.17) is 0 Å². The molecule has 2 atom stereocenters. The van der Waals surface area contributed by atoms with Crippen molar-refractivity contribution in [3.05, 3.63) is 17.0 Å². The third kappa shape index (κ3) is 3.15. The molecule has 0 aliphatic carbocycles. The molecule has 0 spiro atoms. The van der Waals surface area contributed by atoms with Crippen molar-refractivity contribution < 1.29 is 4.79 Å². The van der Waals surface area contributed by atoms with E-state index in [0.717, 1.165) is 31.6 Å². The molecule has 1 aromatic heterocycles. The summed E-state index contributed by atoms with van der Waals surface area (Å²) in [5.41, 5.74) is 3.49. The molecule has 1 aliphatic rings. The molecule has 1 aliphatic heterocycles. The zero-order chi connectivity index (χ0) is 14.0. The lowest BCUT2D eigenvalue weighted by Gasteiger charge is -2.17. The van der Waals surface area contributed by atoms with Gasteiger partial charge in [-0.05, 0) is 45.7 Å². The second-order valence-corrected chi connectivity index (χ2v) is 5.58. The summed E-state index contributed by atoms with van der Waals surface area (Å²) in [4.78, 5) is 12.0. The molecule has 2 unspecified atom stereocenters. The third-order valence-electron chi connectivity index (χ3n) is 3.99. The maximum atomic E-state index is 12.0. The minimum absolute atomic E-state index is 0.138. The van der Waals surface area contributed by atoms with Crippen LogP contribution in [0.5, 0.6) is 0 Å². The molecule has 2 rings (SSSR count). The van der Waals surface area contributed by atoms with E-state index >= 15 is 0 Å². The van der Waals surface area contributed by atoms with Crippen molar-refractivity contribution in [2.75, 3.05) is 13.1 Å². The van der Waals surface area contributed by atoms with Gasteiger partial charge in [-0.1, -0.05) is 0 Å². The molecule has 2 N–H and O–H groups in total. The summed E-state index contributed by atoms with van der Waals surface area (Å²) in [6.45, 7) is 7.92. The summed E-state index contributed by atoms with van der Waals surface area (Å²) in [5.74, 6) is 0.315. The average molecular weight is 264 g/mol. The lowest BCUT2D eigenvalue weighted by Crippen LogP contribution is -2.39. The van der Waals surface area contributed by atoms with Gasteiger partial charge in [0.1, 0.15) is 0 Å². The molecule has 1 fully saturated rings. The van der Waals surface area contributed by atoms with Gasteiger partial charge < -0.3 is 10.6 Å². The number of carbonyl (C=O) groups excluding carboxylic acids is 1. The van der Waals surface area contributed by atoms with Gasteiger partial charge >= 0.3 is 0 Å². The lowest BCUT2D eigenvalue weighted by atomic mass is 10.0. The van der Waals surface area contributed by atoms with Crippen molar-refractivity contribution in [2.45, 2.75) is 39.7 Å². The molecule has 0 bridgehead atoms. The zero-order valence-electron chi connectivity index (χ0n) is 12.3. The van der Waals surface area contributed by atoms with Gasteiger partial charge in [0.05, 0.1) is 11.6 Å². The van der Waals surface area contributed by atoms with E-state index in [-0.39, 0.29) is 17.9 Å². The van der Waals surface area contributed by atoms with E-state index in [2.05, 4.69) is 29.6 Å². The van der Waals surface area contributed by atoms with Crippen LogP contribution in [-0.4, -0.2) is 34.8 Å². The Bertz CT molecular complexity index is 460. The van der Waals surface area contributed by atoms with Crippen molar-refractivity contribution in [3.63, 3.8) is 0 Å². The quantitative estimate of drug-likeness (QED) is 0.841. The standard InChI is InChI=1S/C14H24N4O/c1-9(16-14(19)12-5-6-15-8-12)7-13-10(2)17-18(4)11(13)3/h9,12,15H,5-8H2,1-4H3,(H,16,19). The Labute approximate surface area is 114 Å². The molecule has 2 heterocycles. The Morgan fingerprint density at radius 1 is 1.58 bits per heavy atom. The predicted molar refractivity (Wildman–Crippen MR) is 75.0 cm³/mol. The number of aromatic nitrogens is 2. The molecule has 1 amide bonds. The van der Waals surface area contributed by atoms with Gasteiger partial charge in [-0.2, -0.15) is 5.10 Å². The fourth-order valence-electron chi connectivity index (χ4n) is 2.71. The highest BCUT2D eigenvalue weighted by Crippen LogP contribution is 2.15. The third-order valence-corrected chi connectivity index (χ3v) is 3.99. The fourth-order valence-corrected chi connectivity index (χ4v) is 2.71. The predicted octanol–water partition coefficient (Wildman–Crippen LogP) is 0.694.